The third-order valence-corrected chi connectivity index (χ3v) is 3.13. The zero-order valence-electron chi connectivity index (χ0n) is 11.3. The van der Waals surface area contributed by atoms with Gasteiger partial charge in [-0.05, 0) is 29.5 Å². The summed E-state index contributed by atoms with van der Waals surface area (Å²) in [4.78, 5) is 0. The fourth-order valence-electron chi connectivity index (χ4n) is 2.28. The number of rotatable bonds is 1. The highest BCUT2D eigenvalue weighted by atomic mass is 15.2. The molecule has 2 nitrogen and oxygen atoms in total. The number of benzene rings is 1. The minimum absolute atomic E-state index is 0.175. The Morgan fingerprint density at radius 2 is 1.82 bits per heavy atom. The monoisotopic (exact) mass is 228 g/mol. The lowest BCUT2D eigenvalue weighted by Crippen LogP contribution is -2.13. The van der Waals surface area contributed by atoms with Crippen LogP contribution >= 0.6 is 0 Å². The lowest BCUT2D eigenvalue weighted by molar-refractivity contribution is 0.586. The smallest absolute Gasteiger partial charge is 0.0925 e. The molecule has 0 bridgehead atoms. The van der Waals surface area contributed by atoms with Crippen LogP contribution in [-0.2, 0) is 12.5 Å². The van der Waals surface area contributed by atoms with Crippen LogP contribution in [-0.4, -0.2) is 9.78 Å². The third kappa shape index (κ3) is 2.26. The number of hydrogen-bond acceptors (Lipinski definition) is 1. The molecule has 1 aromatic carbocycles. The summed E-state index contributed by atoms with van der Waals surface area (Å²) in [6.45, 7) is 8.93. The number of aromatic nitrogens is 2. The van der Waals surface area contributed by atoms with Crippen molar-refractivity contribution >= 4 is 0 Å². The lowest BCUT2D eigenvalue weighted by Gasteiger charge is -2.23. The first kappa shape index (κ1) is 11.9. The Morgan fingerprint density at radius 3 is 2.35 bits per heavy atom. The van der Waals surface area contributed by atoms with Crippen LogP contribution in [0, 0.1) is 6.92 Å². The van der Waals surface area contributed by atoms with E-state index in [2.05, 4.69) is 57.1 Å². The number of aryl methyl sites for hydroxylation is 1. The standard InChI is InChI=1S/C15H20N2/c1-11-12(14-9-10-17(5)16-14)7-6-8-13(11)15(2,3)4/h6-10H,1-5H3. The Balaban J connectivity index is 2.57. The summed E-state index contributed by atoms with van der Waals surface area (Å²) in [5.41, 5.74) is 5.18. The SMILES string of the molecule is Cc1c(-c2ccn(C)n2)cccc1C(C)(C)C. The molecule has 0 aliphatic heterocycles. The fourth-order valence-corrected chi connectivity index (χ4v) is 2.28. The van der Waals surface area contributed by atoms with Gasteiger partial charge in [-0.2, -0.15) is 5.10 Å². The van der Waals surface area contributed by atoms with E-state index in [1.807, 2.05) is 17.9 Å². The average molecular weight is 228 g/mol. The van der Waals surface area contributed by atoms with Crippen molar-refractivity contribution in [2.75, 3.05) is 0 Å². The Kier molecular flexibility index (Phi) is 2.82. The fraction of sp³-hybridized carbons (Fsp3) is 0.400. The van der Waals surface area contributed by atoms with Crippen LogP contribution in [0.3, 0.4) is 0 Å². The summed E-state index contributed by atoms with van der Waals surface area (Å²) in [7, 11) is 1.95. The van der Waals surface area contributed by atoms with Gasteiger partial charge in [-0.25, -0.2) is 0 Å². The minimum Gasteiger partial charge on any atom is -0.275 e. The second-order valence-electron chi connectivity index (χ2n) is 5.60. The highest BCUT2D eigenvalue weighted by molar-refractivity contribution is 5.65. The molecule has 0 aliphatic rings. The van der Waals surface area contributed by atoms with Crippen LogP contribution in [0.4, 0.5) is 0 Å². The van der Waals surface area contributed by atoms with Crippen molar-refractivity contribution in [2.45, 2.75) is 33.1 Å². The molecule has 17 heavy (non-hydrogen) atoms. The van der Waals surface area contributed by atoms with Crippen molar-refractivity contribution in [2.24, 2.45) is 7.05 Å². The predicted octanol–water partition coefficient (Wildman–Crippen LogP) is 3.69. The Bertz CT molecular complexity index is 530. The molecule has 0 radical (unpaired) electrons. The van der Waals surface area contributed by atoms with Gasteiger partial charge in [-0.1, -0.05) is 39.0 Å². The number of hydrogen-bond donors (Lipinski definition) is 0. The summed E-state index contributed by atoms with van der Waals surface area (Å²) in [5, 5.41) is 4.48. The molecule has 1 aromatic heterocycles. The predicted molar refractivity (Wildman–Crippen MR) is 72.1 cm³/mol. The van der Waals surface area contributed by atoms with E-state index < -0.39 is 0 Å². The molecule has 0 saturated carbocycles. The van der Waals surface area contributed by atoms with Crippen LogP contribution in [0.25, 0.3) is 11.3 Å². The van der Waals surface area contributed by atoms with Crippen molar-refractivity contribution < 1.29 is 0 Å². The Labute approximate surface area is 103 Å². The quantitative estimate of drug-likeness (QED) is 0.728. The largest absolute Gasteiger partial charge is 0.275 e. The molecule has 0 fully saturated rings. The highest BCUT2D eigenvalue weighted by Gasteiger charge is 2.18. The van der Waals surface area contributed by atoms with Gasteiger partial charge in [0, 0.05) is 18.8 Å². The molecule has 1 heterocycles. The Hall–Kier alpha value is -1.57. The van der Waals surface area contributed by atoms with Crippen LogP contribution in [0.5, 0.6) is 0 Å². The molecule has 0 spiro atoms. The second-order valence-corrected chi connectivity index (χ2v) is 5.60. The van der Waals surface area contributed by atoms with Gasteiger partial charge in [0.15, 0.2) is 0 Å². The molecule has 0 N–H and O–H groups in total. The lowest BCUT2D eigenvalue weighted by atomic mass is 9.82. The van der Waals surface area contributed by atoms with Crippen molar-refractivity contribution in [1.29, 1.82) is 0 Å². The van der Waals surface area contributed by atoms with Crippen molar-refractivity contribution in [1.82, 2.24) is 9.78 Å². The van der Waals surface area contributed by atoms with Gasteiger partial charge < -0.3 is 0 Å². The molecule has 0 aliphatic carbocycles. The summed E-state index contributed by atoms with van der Waals surface area (Å²) >= 11 is 0. The summed E-state index contributed by atoms with van der Waals surface area (Å²) in [6.07, 6.45) is 1.98. The van der Waals surface area contributed by atoms with Crippen molar-refractivity contribution in [3.05, 3.63) is 41.6 Å². The van der Waals surface area contributed by atoms with Gasteiger partial charge in [0.2, 0.25) is 0 Å². The molecule has 0 amide bonds. The number of nitrogens with zero attached hydrogens (tertiary/aromatic N) is 2. The second kappa shape index (κ2) is 4.02. The van der Waals surface area contributed by atoms with Crippen LogP contribution < -0.4 is 0 Å². The van der Waals surface area contributed by atoms with E-state index in [0.29, 0.717) is 0 Å². The van der Waals surface area contributed by atoms with Gasteiger partial charge in [-0.3, -0.25) is 4.68 Å². The van der Waals surface area contributed by atoms with Crippen molar-refractivity contribution in [3.63, 3.8) is 0 Å². The molecular formula is C15H20N2. The summed E-state index contributed by atoms with van der Waals surface area (Å²) in [5.74, 6) is 0. The van der Waals surface area contributed by atoms with Gasteiger partial charge in [0.05, 0.1) is 5.69 Å². The Morgan fingerprint density at radius 1 is 1.12 bits per heavy atom. The maximum absolute atomic E-state index is 4.48. The highest BCUT2D eigenvalue weighted by Crippen LogP contribution is 2.31. The van der Waals surface area contributed by atoms with Gasteiger partial charge in [0.1, 0.15) is 0 Å². The van der Waals surface area contributed by atoms with Crippen LogP contribution in [0.2, 0.25) is 0 Å². The van der Waals surface area contributed by atoms with E-state index in [0.717, 1.165) is 5.69 Å². The molecule has 0 unspecified atom stereocenters. The van der Waals surface area contributed by atoms with Crippen LogP contribution in [0.1, 0.15) is 31.9 Å². The van der Waals surface area contributed by atoms with E-state index in [4.69, 9.17) is 0 Å². The molecule has 2 rings (SSSR count). The maximum Gasteiger partial charge on any atom is 0.0925 e. The molecular weight excluding hydrogens is 208 g/mol. The van der Waals surface area contributed by atoms with Gasteiger partial charge in [0.25, 0.3) is 0 Å². The summed E-state index contributed by atoms with van der Waals surface area (Å²) < 4.78 is 1.85. The van der Waals surface area contributed by atoms with Gasteiger partial charge >= 0.3 is 0 Å². The maximum atomic E-state index is 4.48. The molecule has 90 valence electrons. The first-order valence-corrected chi connectivity index (χ1v) is 6.00. The van der Waals surface area contributed by atoms with E-state index in [-0.39, 0.29) is 5.41 Å². The van der Waals surface area contributed by atoms with E-state index in [9.17, 15) is 0 Å². The van der Waals surface area contributed by atoms with E-state index >= 15 is 0 Å². The normalized spacial score (nSPS) is 11.8. The van der Waals surface area contributed by atoms with E-state index in [1.165, 1.54) is 16.7 Å². The molecule has 2 heteroatoms. The first-order chi connectivity index (χ1) is 7.89. The van der Waals surface area contributed by atoms with Crippen LogP contribution in [0.15, 0.2) is 30.5 Å². The van der Waals surface area contributed by atoms with Crippen molar-refractivity contribution in [3.8, 4) is 11.3 Å². The minimum atomic E-state index is 0.175. The first-order valence-electron chi connectivity index (χ1n) is 6.00. The third-order valence-electron chi connectivity index (χ3n) is 3.13. The molecule has 2 aromatic rings. The molecule has 0 saturated heterocycles. The van der Waals surface area contributed by atoms with Gasteiger partial charge in [-0.15, -0.1) is 0 Å². The topological polar surface area (TPSA) is 17.8 Å². The molecule has 0 atom stereocenters. The van der Waals surface area contributed by atoms with E-state index in [1.54, 1.807) is 0 Å². The summed E-state index contributed by atoms with van der Waals surface area (Å²) in [6, 6.07) is 8.54. The zero-order chi connectivity index (χ0) is 12.6. The zero-order valence-corrected chi connectivity index (χ0v) is 11.3. The average Bonchev–Trinajstić information content (AvgIpc) is 2.63.